The second-order valence-corrected chi connectivity index (χ2v) is 6.39. The Kier molecular flexibility index (Phi) is 7.79. The maximum Gasteiger partial charge on any atom is 0.294 e. The summed E-state index contributed by atoms with van der Waals surface area (Å²) in [4.78, 5) is 23.7. The maximum atomic E-state index is 11.8. The molecule has 2 aromatic rings. The zero-order valence-corrected chi connectivity index (χ0v) is 17.0. The molecule has 0 unspecified atom stereocenters. The predicted molar refractivity (Wildman–Crippen MR) is 111 cm³/mol. The molecule has 9 nitrogen and oxygen atoms in total. The molecule has 0 atom stereocenters. The van der Waals surface area contributed by atoms with Crippen molar-refractivity contribution >= 4 is 35.1 Å². The van der Waals surface area contributed by atoms with Crippen LogP contribution in [-0.4, -0.2) is 49.3 Å². The number of halogens is 1. The second-order valence-electron chi connectivity index (χ2n) is 5.98. The highest BCUT2D eigenvalue weighted by Crippen LogP contribution is 2.36. The van der Waals surface area contributed by atoms with Crippen LogP contribution in [0.3, 0.4) is 0 Å². The maximum absolute atomic E-state index is 11.8. The van der Waals surface area contributed by atoms with E-state index < -0.39 is 4.92 Å². The number of nitro benzene ring substituents is 1. The molecule has 1 N–H and O–H groups in total. The molecule has 0 aromatic heterocycles. The molecule has 2 rings (SSSR count). The first kappa shape index (κ1) is 22.0. The SMILES string of the molecule is CCOc1cc(/C=N\Nc2ccccc2[N+](=O)[O-])cc(Cl)c1OCC(=O)N(C)C. The summed E-state index contributed by atoms with van der Waals surface area (Å²) in [6, 6.07) is 9.40. The van der Waals surface area contributed by atoms with Crippen LogP contribution in [0.15, 0.2) is 41.5 Å². The third kappa shape index (κ3) is 6.08. The third-order valence-electron chi connectivity index (χ3n) is 3.67. The van der Waals surface area contributed by atoms with E-state index in [1.807, 2.05) is 0 Å². The summed E-state index contributed by atoms with van der Waals surface area (Å²) in [6.07, 6.45) is 1.44. The zero-order valence-electron chi connectivity index (χ0n) is 16.2. The number of carbonyl (C=O) groups is 1. The number of nitrogens with zero attached hydrogens (tertiary/aromatic N) is 3. The number of amides is 1. The van der Waals surface area contributed by atoms with Gasteiger partial charge in [0.25, 0.3) is 11.6 Å². The average Bonchev–Trinajstić information content (AvgIpc) is 2.67. The van der Waals surface area contributed by atoms with Crippen LogP contribution in [0.1, 0.15) is 12.5 Å². The first-order valence-electron chi connectivity index (χ1n) is 8.65. The lowest BCUT2D eigenvalue weighted by Gasteiger charge is -2.16. The van der Waals surface area contributed by atoms with E-state index in [4.69, 9.17) is 21.1 Å². The minimum atomic E-state index is -0.497. The first-order valence-corrected chi connectivity index (χ1v) is 9.03. The van der Waals surface area contributed by atoms with Gasteiger partial charge in [-0.05, 0) is 30.7 Å². The molecular formula is C19H21ClN4O5. The van der Waals surface area contributed by atoms with E-state index in [2.05, 4.69) is 10.5 Å². The number of likely N-dealkylation sites (N-methyl/N-ethyl adjacent to an activating group) is 1. The van der Waals surface area contributed by atoms with E-state index in [1.165, 1.54) is 17.2 Å². The summed E-state index contributed by atoms with van der Waals surface area (Å²) in [7, 11) is 3.25. The molecule has 0 heterocycles. The van der Waals surface area contributed by atoms with Crippen molar-refractivity contribution in [3.8, 4) is 11.5 Å². The van der Waals surface area contributed by atoms with Crippen LogP contribution in [0.4, 0.5) is 11.4 Å². The van der Waals surface area contributed by atoms with Gasteiger partial charge in [-0.3, -0.25) is 20.3 Å². The smallest absolute Gasteiger partial charge is 0.294 e. The molecule has 154 valence electrons. The van der Waals surface area contributed by atoms with Gasteiger partial charge in [0.05, 0.1) is 22.8 Å². The molecule has 0 aliphatic carbocycles. The lowest BCUT2D eigenvalue weighted by Crippen LogP contribution is -2.27. The van der Waals surface area contributed by atoms with Crippen molar-refractivity contribution in [2.75, 3.05) is 32.7 Å². The molecule has 0 aliphatic rings. The normalized spacial score (nSPS) is 10.6. The molecule has 0 saturated heterocycles. The van der Waals surface area contributed by atoms with Gasteiger partial charge in [-0.25, -0.2) is 0 Å². The number of hydrazone groups is 1. The zero-order chi connectivity index (χ0) is 21.4. The van der Waals surface area contributed by atoms with Gasteiger partial charge < -0.3 is 14.4 Å². The van der Waals surface area contributed by atoms with Crippen LogP contribution in [0.5, 0.6) is 11.5 Å². The van der Waals surface area contributed by atoms with E-state index >= 15 is 0 Å². The van der Waals surface area contributed by atoms with Gasteiger partial charge in [0, 0.05) is 20.2 Å². The number of nitrogens with one attached hydrogen (secondary N) is 1. The highest BCUT2D eigenvalue weighted by molar-refractivity contribution is 6.32. The van der Waals surface area contributed by atoms with Gasteiger partial charge in [0.2, 0.25) is 0 Å². The topological polar surface area (TPSA) is 106 Å². The van der Waals surface area contributed by atoms with Crippen LogP contribution in [-0.2, 0) is 4.79 Å². The van der Waals surface area contributed by atoms with Crippen LogP contribution in [0, 0.1) is 10.1 Å². The van der Waals surface area contributed by atoms with E-state index in [0.29, 0.717) is 17.9 Å². The molecule has 0 fully saturated rings. The largest absolute Gasteiger partial charge is 0.490 e. The quantitative estimate of drug-likeness (QED) is 0.377. The fourth-order valence-electron chi connectivity index (χ4n) is 2.23. The number of anilines is 1. The Labute approximate surface area is 173 Å². The minimum Gasteiger partial charge on any atom is -0.490 e. The molecule has 1 amide bonds. The lowest BCUT2D eigenvalue weighted by atomic mass is 10.2. The Balaban J connectivity index is 2.20. The van der Waals surface area contributed by atoms with E-state index in [1.54, 1.807) is 51.4 Å². The van der Waals surface area contributed by atoms with Crippen LogP contribution in [0.2, 0.25) is 5.02 Å². The lowest BCUT2D eigenvalue weighted by molar-refractivity contribution is -0.384. The van der Waals surface area contributed by atoms with Crippen molar-refractivity contribution in [3.63, 3.8) is 0 Å². The highest BCUT2D eigenvalue weighted by Gasteiger charge is 2.15. The number of hydrogen-bond acceptors (Lipinski definition) is 7. The van der Waals surface area contributed by atoms with Crippen molar-refractivity contribution in [1.29, 1.82) is 0 Å². The van der Waals surface area contributed by atoms with Crippen LogP contribution in [0.25, 0.3) is 0 Å². The molecule has 0 saturated carbocycles. The van der Waals surface area contributed by atoms with Gasteiger partial charge in [-0.2, -0.15) is 5.10 Å². The Hall–Kier alpha value is -3.33. The van der Waals surface area contributed by atoms with E-state index in [0.717, 1.165) is 0 Å². The van der Waals surface area contributed by atoms with Gasteiger partial charge in [-0.15, -0.1) is 0 Å². The predicted octanol–water partition coefficient (Wildman–Crippen LogP) is 3.56. The molecule has 0 spiro atoms. The molecule has 0 radical (unpaired) electrons. The number of rotatable bonds is 9. The van der Waals surface area contributed by atoms with E-state index in [-0.39, 0.29) is 34.7 Å². The summed E-state index contributed by atoms with van der Waals surface area (Å²) < 4.78 is 11.1. The molecular weight excluding hydrogens is 400 g/mol. The van der Waals surface area contributed by atoms with Crippen molar-refractivity contribution in [1.82, 2.24) is 4.90 Å². The van der Waals surface area contributed by atoms with Crippen molar-refractivity contribution < 1.29 is 19.2 Å². The Morgan fingerprint density at radius 2 is 2.03 bits per heavy atom. The minimum absolute atomic E-state index is 0.0907. The van der Waals surface area contributed by atoms with Crippen molar-refractivity contribution in [3.05, 3.63) is 57.1 Å². The summed E-state index contributed by atoms with van der Waals surface area (Å²) in [5.41, 5.74) is 3.39. The molecule has 10 heteroatoms. The number of nitro groups is 1. The van der Waals surface area contributed by atoms with Crippen LogP contribution < -0.4 is 14.9 Å². The van der Waals surface area contributed by atoms with E-state index in [9.17, 15) is 14.9 Å². The molecule has 0 aliphatic heterocycles. The first-order chi connectivity index (χ1) is 13.8. The number of para-hydroxylation sites is 2. The Morgan fingerprint density at radius 3 is 2.69 bits per heavy atom. The fourth-order valence-corrected chi connectivity index (χ4v) is 2.51. The highest BCUT2D eigenvalue weighted by atomic mass is 35.5. The second kappa shape index (κ2) is 10.3. The third-order valence-corrected chi connectivity index (χ3v) is 3.95. The summed E-state index contributed by atoms with van der Waals surface area (Å²) in [5, 5.41) is 15.3. The summed E-state index contributed by atoms with van der Waals surface area (Å²) in [5.74, 6) is 0.397. The number of benzene rings is 2. The van der Waals surface area contributed by atoms with Gasteiger partial charge in [0.1, 0.15) is 5.69 Å². The molecule has 2 aromatic carbocycles. The monoisotopic (exact) mass is 420 g/mol. The summed E-state index contributed by atoms with van der Waals surface area (Å²) in [6.45, 7) is 1.99. The fraction of sp³-hybridized carbons (Fsp3) is 0.263. The molecule has 29 heavy (non-hydrogen) atoms. The Morgan fingerprint density at radius 1 is 1.31 bits per heavy atom. The van der Waals surface area contributed by atoms with Gasteiger partial charge in [0.15, 0.2) is 18.1 Å². The Bertz CT molecular complexity index is 917. The number of ether oxygens (including phenoxy) is 2. The number of carbonyl (C=O) groups excluding carboxylic acids is 1. The van der Waals surface area contributed by atoms with Crippen molar-refractivity contribution in [2.45, 2.75) is 6.92 Å². The van der Waals surface area contributed by atoms with Crippen LogP contribution >= 0.6 is 11.6 Å². The van der Waals surface area contributed by atoms with Gasteiger partial charge in [-0.1, -0.05) is 23.7 Å². The molecule has 0 bridgehead atoms. The standard InChI is InChI=1S/C19H21ClN4O5/c1-4-28-17-10-13(9-14(20)19(17)29-12-18(25)23(2)3)11-21-22-15-7-5-6-8-16(15)24(26)27/h5-11,22H,4,12H2,1-3H3/b21-11-. The number of hydrogen-bond donors (Lipinski definition) is 1. The van der Waals surface area contributed by atoms with Crippen molar-refractivity contribution in [2.24, 2.45) is 5.10 Å². The van der Waals surface area contributed by atoms with Gasteiger partial charge >= 0.3 is 0 Å². The summed E-state index contributed by atoms with van der Waals surface area (Å²) >= 11 is 6.29. The average molecular weight is 421 g/mol.